The molecule has 1 N–H and O–H groups in total. The molecule has 0 radical (unpaired) electrons. The van der Waals surface area contributed by atoms with Crippen molar-refractivity contribution >= 4 is 27.5 Å². The molecule has 10 nitrogen and oxygen atoms in total. The summed E-state index contributed by atoms with van der Waals surface area (Å²) in [6, 6.07) is 6.26. The molecule has 2 rings (SSSR count). The van der Waals surface area contributed by atoms with Gasteiger partial charge >= 0.3 is 17.2 Å². The first-order valence-electron chi connectivity index (χ1n) is 7.03. The van der Waals surface area contributed by atoms with E-state index in [-0.39, 0.29) is 11.6 Å². The highest BCUT2D eigenvalue weighted by atomic mass is 32.2. The molecule has 2 aromatic rings. The summed E-state index contributed by atoms with van der Waals surface area (Å²) in [4.78, 5) is 23.0. The van der Waals surface area contributed by atoms with E-state index in [1.54, 1.807) is 24.3 Å². The third kappa shape index (κ3) is 4.66. The van der Waals surface area contributed by atoms with Crippen molar-refractivity contribution in [3.63, 3.8) is 0 Å². The molecular weight excluding hydrogens is 366 g/mol. The van der Waals surface area contributed by atoms with E-state index in [0.29, 0.717) is 11.3 Å². The van der Waals surface area contributed by atoms with Gasteiger partial charge in [0.1, 0.15) is 5.70 Å². The molecule has 0 bridgehead atoms. The number of rotatable bonds is 6. The van der Waals surface area contributed by atoms with Gasteiger partial charge in [0.25, 0.3) is 0 Å². The Balaban J connectivity index is 2.23. The molecule has 1 aromatic heterocycles. The third-order valence-corrected chi connectivity index (χ3v) is 3.80. The first kappa shape index (κ1) is 19.1. The standard InChI is InChI=1S/C15H15N3O7S/c1-23-12(19)8-11(14(20)24-2)16-10-6-4-9(5-7-10)13-17-18-15(25-13)26(3,21)22/h4-8,16H,1-3H3/b11-8+. The largest absolute Gasteiger partial charge is 0.466 e. The maximum atomic E-state index is 11.7. The highest BCUT2D eigenvalue weighted by Crippen LogP contribution is 2.22. The minimum atomic E-state index is -3.60. The fourth-order valence-corrected chi connectivity index (χ4v) is 2.18. The third-order valence-electron chi connectivity index (χ3n) is 3.00. The van der Waals surface area contributed by atoms with E-state index in [1.807, 2.05) is 0 Å². The highest BCUT2D eigenvalue weighted by molar-refractivity contribution is 7.90. The van der Waals surface area contributed by atoms with Crippen molar-refractivity contribution in [2.45, 2.75) is 5.22 Å². The minimum absolute atomic E-state index is 0.0234. The second-order valence-corrected chi connectivity index (χ2v) is 6.81. The quantitative estimate of drug-likeness (QED) is 0.564. The lowest BCUT2D eigenvalue weighted by Crippen LogP contribution is -2.15. The molecule has 0 saturated heterocycles. The van der Waals surface area contributed by atoms with Crippen LogP contribution in [0.1, 0.15) is 0 Å². The van der Waals surface area contributed by atoms with Crippen molar-refractivity contribution in [1.29, 1.82) is 0 Å². The molecule has 0 unspecified atom stereocenters. The Labute approximate surface area is 148 Å². The number of anilines is 1. The number of methoxy groups -OCH3 is 2. The van der Waals surface area contributed by atoms with Crippen LogP contribution >= 0.6 is 0 Å². The van der Waals surface area contributed by atoms with Gasteiger partial charge in [0, 0.05) is 17.5 Å². The van der Waals surface area contributed by atoms with Gasteiger partial charge < -0.3 is 19.2 Å². The van der Waals surface area contributed by atoms with Gasteiger partial charge in [0.2, 0.25) is 15.7 Å². The molecule has 138 valence electrons. The summed E-state index contributed by atoms with van der Waals surface area (Å²) in [6.07, 6.45) is 1.91. The number of sulfone groups is 1. The fourth-order valence-electron chi connectivity index (χ4n) is 1.76. The van der Waals surface area contributed by atoms with Gasteiger partial charge in [-0.05, 0) is 24.3 Å². The van der Waals surface area contributed by atoms with Gasteiger partial charge in [-0.1, -0.05) is 5.10 Å². The van der Waals surface area contributed by atoms with Crippen LogP contribution in [0.4, 0.5) is 5.69 Å². The molecule has 0 aliphatic heterocycles. The van der Waals surface area contributed by atoms with Crippen molar-refractivity contribution in [3.8, 4) is 11.5 Å². The number of carbonyl (C=O) groups excluding carboxylic acids is 2. The molecule has 0 spiro atoms. The summed E-state index contributed by atoms with van der Waals surface area (Å²) in [7, 11) is -1.24. The van der Waals surface area contributed by atoms with Crippen molar-refractivity contribution in [1.82, 2.24) is 10.2 Å². The lowest BCUT2D eigenvalue weighted by Gasteiger charge is -2.09. The zero-order valence-electron chi connectivity index (χ0n) is 14.0. The van der Waals surface area contributed by atoms with Crippen LogP contribution in [0.3, 0.4) is 0 Å². The molecule has 1 heterocycles. The number of benzene rings is 1. The highest BCUT2D eigenvalue weighted by Gasteiger charge is 2.18. The van der Waals surface area contributed by atoms with E-state index in [9.17, 15) is 18.0 Å². The van der Waals surface area contributed by atoms with Crippen molar-refractivity contribution in [2.24, 2.45) is 0 Å². The summed E-state index contributed by atoms with van der Waals surface area (Å²) < 4.78 is 36.9. The van der Waals surface area contributed by atoms with Gasteiger partial charge in [-0.3, -0.25) is 0 Å². The number of nitrogens with one attached hydrogen (secondary N) is 1. The Morgan fingerprint density at radius 2 is 1.77 bits per heavy atom. The van der Waals surface area contributed by atoms with E-state index >= 15 is 0 Å². The summed E-state index contributed by atoms with van der Waals surface area (Å²) in [5, 5.41) is 9.39. The number of carbonyl (C=O) groups is 2. The van der Waals surface area contributed by atoms with Crippen LogP contribution in [0.5, 0.6) is 0 Å². The average molecular weight is 381 g/mol. The van der Waals surface area contributed by atoms with Gasteiger partial charge in [-0.15, -0.1) is 5.10 Å². The maximum absolute atomic E-state index is 11.7. The first-order chi connectivity index (χ1) is 12.2. The molecule has 0 aliphatic carbocycles. The molecule has 0 saturated carbocycles. The fraction of sp³-hybridized carbons (Fsp3) is 0.200. The lowest BCUT2D eigenvalue weighted by atomic mass is 10.2. The summed E-state index contributed by atoms with van der Waals surface area (Å²) in [5.74, 6) is -1.46. The van der Waals surface area contributed by atoms with Crippen LogP contribution in [0.2, 0.25) is 0 Å². The molecule has 26 heavy (non-hydrogen) atoms. The summed E-state index contributed by atoms with van der Waals surface area (Å²) >= 11 is 0. The number of aromatic nitrogens is 2. The van der Waals surface area contributed by atoms with E-state index < -0.39 is 27.0 Å². The van der Waals surface area contributed by atoms with Crippen molar-refractivity contribution < 1.29 is 31.9 Å². The summed E-state index contributed by atoms with van der Waals surface area (Å²) in [6.45, 7) is 0. The van der Waals surface area contributed by atoms with Crippen molar-refractivity contribution in [2.75, 3.05) is 25.8 Å². The van der Waals surface area contributed by atoms with Crippen LogP contribution in [-0.4, -0.2) is 51.0 Å². The number of nitrogens with zero attached hydrogens (tertiary/aromatic N) is 2. The number of ether oxygens (including phenoxy) is 2. The monoisotopic (exact) mass is 381 g/mol. The predicted octanol–water partition coefficient (Wildman–Crippen LogP) is 0.782. The van der Waals surface area contributed by atoms with Gasteiger partial charge in [0.05, 0.1) is 20.3 Å². The molecule has 0 fully saturated rings. The van der Waals surface area contributed by atoms with Crippen LogP contribution in [0, 0.1) is 0 Å². The van der Waals surface area contributed by atoms with Crippen LogP contribution in [0.25, 0.3) is 11.5 Å². The Kier molecular flexibility index (Phi) is 5.72. The zero-order valence-corrected chi connectivity index (χ0v) is 14.9. The normalized spacial score (nSPS) is 11.7. The first-order valence-corrected chi connectivity index (χ1v) is 8.92. The maximum Gasteiger partial charge on any atom is 0.354 e. The molecule has 1 aromatic carbocycles. The lowest BCUT2D eigenvalue weighted by molar-refractivity contribution is -0.138. The predicted molar refractivity (Wildman–Crippen MR) is 88.6 cm³/mol. The summed E-state index contributed by atoms with van der Waals surface area (Å²) in [5.41, 5.74) is 0.802. The Bertz CT molecular complexity index is 946. The van der Waals surface area contributed by atoms with E-state index in [2.05, 4.69) is 25.0 Å². The average Bonchev–Trinajstić information content (AvgIpc) is 3.11. The minimum Gasteiger partial charge on any atom is -0.466 e. The van der Waals surface area contributed by atoms with Crippen LogP contribution in [0.15, 0.2) is 45.7 Å². The molecule has 0 aliphatic rings. The topological polar surface area (TPSA) is 138 Å². The van der Waals surface area contributed by atoms with E-state index in [0.717, 1.165) is 12.3 Å². The van der Waals surface area contributed by atoms with E-state index in [1.165, 1.54) is 14.2 Å². The molecule has 0 amide bonds. The number of hydrogen-bond acceptors (Lipinski definition) is 10. The Morgan fingerprint density at radius 3 is 2.27 bits per heavy atom. The van der Waals surface area contributed by atoms with Gasteiger partial charge in [0.15, 0.2) is 0 Å². The molecule has 11 heteroatoms. The molecular formula is C15H15N3O7S. The van der Waals surface area contributed by atoms with Crippen LogP contribution in [-0.2, 0) is 28.9 Å². The van der Waals surface area contributed by atoms with Gasteiger partial charge in [-0.2, -0.15) is 0 Å². The second-order valence-electron chi connectivity index (χ2n) is 4.92. The smallest absolute Gasteiger partial charge is 0.354 e. The SMILES string of the molecule is COC(=O)/C=C(/Nc1ccc(-c2nnc(S(C)(=O)=O)o2)cc1)C(=O)OC. The van der Waals surface area contributed by atoms with E-state index in [4.69, 9.17) is 4.42 Å². The van der Waals surface area contributed by atoms with Crippen molar-refractivity contribution in [3.05, 3.63) is 36.0 Å². The molecule has 0 atom stereocenters. The number of hydrogen-bond donors (Lipinski definition) is 1. The van der Waals surface area contributed by atoms with Gasteiger partial charge in [-0.25, -0.2) is 18.0 Å². The Morgan fingerprint density at radius 1 is 1.12 bits per heavy atom. The number of esters is 2. The second kappa shape index (κ2) is 7.78. The Hall–Kier alpha value is -3.21. The van der Waals surface area contributed by atoms with Crippen LogP contribution < -0.4 is 5.32 Å². The zero-order chi connectivity index (χ0) is 19.3.